The Balaban J connectivity index is 1.83. The fourth-order valence-electron chi connectivity index (χ4n) is 3.06. The predicted octanol–water partition coefficient (Wildman–Crippen LogP) is 6.21. The third kappa shape index (κ3) is 2.19. The van der Waals surface area contributed by atoms with Crippen molar-refractivity contribution in [2.75, 3.05) is 0 Å². The highest BCUT2D eigenvalue weighted by molar-refractivity contribution is 6.06. The number of rotatable bonds is 3. The van der Waals surface area contributed by atoms with Gasteiger partial charge in [-0.1, -0.05) is 67.9 Å². The molecule has 3 aromatic carbocycles. The molecule has 0 saturated heterocycles. The highest BCUT2D eigenvalue weighted by Crippen LogP contribution is 2.32. The summed E-state index contributed by atoms with van der Waals surface area (Å²) in [5, 5.41) is 3.68. The Morgan fingerprint density at radius 2 is 1.64 bits per heavy atom. The molecule has 4 rings (SSSR count). The second-order valence-electron chi connectivity index (χ2n) is 5.76. The van der Waals surface area contributed by atoms with Crippen LogP contribution in [-0.4, -0.2) is 0 Å². The summed E-state index contributed by atoms with van der Waals surface area (Å²) < 4.78 is 6.06. The Kier molecular flexibility index (Phi) is 3.19. The standard InChI is InChI=1S/C21H18O/c1-2-5-15-8-10-17(11-9-15)21-14-19-18-7-4-3-6-16(18)12-13-20(19)22-21/h3-4,6-14H,2,5H2,1H3. The second-order valence-corrected chi connectivity index (χ2v) is 5.76. The molecule has 1 heteroatoms. The van der Waals surface area contributed by atoms with Crippen LogP contribution in [0.15, 0.2) is 71.1 Å². The zero-order valence-electron chi connectivity index (χ0n) is 12.7. The van der Waals surface area contributed by atoms with Crippen LogP contribution in [0.1, 0.15) is 18.9 Å². The minimum absolute atomic E-state index is 0.939. The molecule has 108 valence electrons. The van der Waals surface area contributed by atoms with E-state index in [0.29, 0.717) is 0 Å². The first-order chi connectivity index (χ1) is 10.8. The molecule has 0 unspecified atom stereocenters. The molecule has 0 amide bonds. The third-order valence-corrected chi connectivity index (χ3v) is 4.20. The van der Waals surface area contributed by atoms with Crippen molar-refractivity contribution in [3.8, 4) is 11.3 Å². The molecule has 0 bridgehead atoms. The monoisotopic (exact) mass is 286 g/mol. The quantitative estimate of drug-likeness (QED) is 0.436. The van der Waals surface area contributed by atoms with E-state index in [1.807, 2.05) is 0 Å². The molecule has 0 N–H and O–H groups in total. The number of aryl methyl sites for hydroxylation is 1. The molecule has 4 aromatic rings. The molecule has 1 nitrogen and oxygen atoms in total. The van der Waals surface area contributed by atoms with Gasteiger partial charge in [0, 0.05) is 10.9 Å². The van der Waals surface area contributed by atoms with E-state index < -0.39 is 0 Å². The Bertz CT molecular complexity index is 929. The Morgan fingerprint density at radius 1 is 0.818 bits per heavy atom. The highest BCUT2D eigenvalue weighted by Gasteiger charge is 2.08. The molecule has 0 aliphatic rings. The van der Waals surface area contributed by atoms with Gasteiger partial charge >= 0.3 is 0 Å². The van der Waals surface area contributed by atoms with Gasteiger partial charge in [-0.25, -0.2) is 0 Å². The van der Waals surface area contributed by atoms with E-state index in [2.05, 4.69) is 73.7 Å². The van der Waals surface area contributed by atoms with Gasteiger partial charge in [0.1, 0.15) is 11.3 Å². The van der Waals surface area contributed by atoms with Crippen molar-refractivity contribution in [2.45, 2.75) is 19.8 Å². The maximum absolute atomic E-state index is 6.06. The summed E-state index contributed by atoms with van der Waals surface area (Å²) >= 11 is 0. The van der Waals surface area contributed by atoms with Crippen LogP contribution in [0.5, 0.6) is 0 Å². The van der Waals surface area contributed by atoms with Crippen LogP contribution >= 0.6 is 0 Å². The lowest BCUT2D eigenvalue weighted by atomic mass is 10.0. The molecule has 0 aliphatic carbocycles. The first kappa shape index (κ1) is 13.1. The van der Waals surface area contributed by atoms with Crippen LogP contribution in [0.4, 0.5) is 0 Å². The van der Waals surface area contributed by atoms with E-state index in [-0.39, 0.29) is 0 Å². The minimum Gasteiger partial charge on any atom is -0.456 e. The Morgan fingerprint density at radius 3 is 2.45 bits per heavy atom. The van der Waals surface area contributed by atoms with E-state index >= 15 is 0 Å². The number of hydrogen-bond acceptors (Lipinski definition) is 1. The molecule has 0 aliphatic heterocycles. The van der Waals surface area contributed by atoms with Crippen molar-refractivity contribution in [3.63, 3.8) is 0 Å². The van der Waals surface area contributed by atoms with Crippen molar-refractivity contribution in [1.82, 2.24) is 0 Å². The second kappa shape index (κ2) is 5.34. The lowest BCUT2D eigenvalue weighted by Gasteiger charge is -2.00. The van der Waals surface area contributed by atoms with Gasteiger partial charge in [0.15, 0.2) is 0 Å². The van der Waals surface area contributed by atoms with Gasteiger partial charge in [-0.05, 0) is 34.9 Å². The maximum atomic E-state index is 6.06. The molecule has 0 fully saturated rings. The number of furan rings is 1. The van der Waals surface area contributed by atoms with Crippen LogP contribution in [0.2, 0.25) is 0 Å². The summed E-state index contributed by atoms with van der Waals surface area (Å²) in [6, 6.07) is 23.5. The molecule has 1 heterocycles. The van der Waals surface area contributed by atoms with Crippen molar-refractivity contribution in [3.05, 3.63) is 72.3 Å². The summed E-state index contributed by atoms with van der Waals surface area (Å²) in [5.74, 6) is 0.939. The van der Waals surface area contributed by atoms with E-state index in [0.717, 1.165) is 23.3 Å². The fourth-order valence-corrected chi connectivity index (χ4v) is 3.06. The van der Waals surface area contributed by atoms with Gasteiger partial charge < -0.3 is 4.42 Å². The largest absolute Gasteiger partial charge is 0.456 e. The summed E-state index contributed by atoms with van der Waals surface area (Å²) in [5.41, 5.74) is 3.47. The van der Waals surface area contributed by atoms with Crippen molar-refractivity contribution in [1.29, 1.82) is 0 Å². The molecule has 0 radical (unpaired) electrons. The first-order valence-electron chi connectivity index (χ1n) is 7.86. The highest BCUT2D eigenvalue weighted by atomic mass is 16.3. The summed E-state index contributed by atoms with van der Waals surface area (Å²) in [4.78, 5) is 0. The van der Waals surface area contributed by atoms with E-state index in [9.17, 15) is 0 Å². The summed E-state index contributed by atoms with van der Waals surface area (Å²) in [6.07, 6.45) is 2.31. The molecular formula is C21H18O. The van der Waals surface area contributed by atoms with Gasteiger partial charge in [-0.2, -0.15) is 0 Å². The van der Waals surface area contributed by atoms with Crippen LogP contribution in [-0.2, 0) is 6.42 Å². The van der Waals surface area contributed by atoms with Gasteiger partial charge in [-0.15, -0.1) is 0 Å². The third-order valence-electron chi connectivity index (χ3n) is 4.20. The summed E-state index contributed by atoms with van der Waals surface area (Å²) in [7, 11) is 0. The maximum Gasteiger partial charge on any atom is 0.135 e. The molecular weight excluding hydrogens is 268 g/mol. The van der Waals surface area contributed by atoms with Gasteiger partial charge in [0.2, 0.25) is 0 Å². The first-order valence-corrected chi connectivity index (χ1v) is 7.86. The molecule has 22 heavy (non-hydrogen) atoms. The van der Waals surface area contributed by atoms with Crippen molar-refractivity contribution in [2.24, 2.45) is 0 Å². The van der Waals surface area contributed by atoms with Gasteiger partial charge in [0.05, 0.1) is 0 Å². The Hall–Kier alpha value is -2.54. The molecule has 0 atom stereocenters. The smallest absolute Gasteiger partial charge is 0.135 e. The van der Waals surface area contributed by atoms with Crippen molar-refractivity contribution >= 4 is 21.7 Å². The zero-order valence-corrected chi connectivity index (χ0v) is 12.7. The molecule has 0 spiro atoms. The van der Waals surface area contributed by atoms with Crippen LogP contribution < -0.4 is 0 Å². The van der Waals surface area contributed by atoms with Gasteiger partial charge in [-0.3, -0.25) is 0 Å². The van der Waals surface area contributed by atoms with Crippen LogP contribution in [0.3, 0.4) is 0 Å². The molecule has 0 saturated carbocycles. The summed E-state index contributed by atoms with van der Waals surface area (Å²) in [6.45, 7) is 2.21. The van der Waals surface area contributed by atoms with Gasteiger partial charge in [0.25, 0.3) is 0 Å². The average molecular weight is 286 g/mol. The van der Waals surface area contributed by atoms with Crippen molar-refractivity contribution < 1.29 is 4.42 Å². The SMILES string of the molecule is CCCc1ccc(-c2cc3c(ccc4ccccc43)o2)cc1. The lowest BCUT2D eigenvalue weighted by molar-refractivity contribution is 0.632. The lowest BCUT2D eigenvalue weighted by Crippen LogP contribution is -1.82. The number of fused-ring (bicyclic) bond motifs is 3. The number of hydrogen-bond donors (Lipinski definition) is 0. The molecule has 1 aromatic heterocycles. The zero-order chi connectivity index (χ0) is 14.9. The minimum atomic E-state index is 0.939. The van der Waals surface area contributed by atoms with Crippen LogP contribution in [0, 0.1) is 0 Å². The van der Waals surface area contributed by atoms with Crippen LogP contribution in [0.25, 0.3) is 33.1 Å². The number of benzene rings is 3. The fraction of sp³-hybridized carbons (Fsp3) is 0.143. The van der Waals surface area contributed by atoms with E-state index in [4.69, 9.17) is 4.42 Å². The van der Waals surface area contributed by atoms with E-state index in [1.165, 1.54) is 28.1 Å². The normalized spacial score (nSPS) is 11.3. The Labute approximate surface area is 130 Å². The topological polar surface area (TPSA) is 13.1 Å². The van der Waals surface area contributed by atoms with E-state index in [1.54, 1.807) is 0 Å². The predicted molar refractivity (Wildman–Crippen MR) is 93.2 cm³/mol. The average Bonchev–Trinajstić information content (AvgIpc) is 3.00.